The molecule has 0 bridgehead atoms. The Kier molecular flexibility index (Phi) is 8.54. The number of benzene rings is 1. The summed E-state index contributed by atoms with van der Waals surface area (Å²) in [6.07, 6.45) is -4.38. The molecule has 1 heterocycles. The fourth-order valence-corrected chi connectivity index (χ4v) is 3.06. The Balaban J connectivity index is 1.81. The number of carbonyl (C=O) groups excluding carboxylic acids is 1. The molecule has 1 saturated heterocycles. The number of guanidine groups is 1. The highest BCUT2D eigenvalue weighted by molar-refractivity contribution is 5.80. The third kappa shape index (κ3) is 7.59. The molecule has 1 aromatic carbocycles. The van der Waals surface area contributed by atoms with Gasteiger partial charge < -0.3 is 15.5 Å². The van der Waals surface area contributed by atoms with Gasteiger partial charge in [0.15, 0.2) is 5.96 Å². The summed E-state index contributed by atoms with van der Waals surface area (Å²) in [7, 11) is 1.67. The molecule has 2 rings (SSSR count). The van der Waals surface area contributed by atoms with Crippen molar-refractivity contribution >= 4 is 11.9 Å². The van der Waals surface area contributed by atoms with Gasteiger partial charge in [-0.2, -0.15) is 13.2 Å². The molecule has 0 aromatic heterocycles. The van der Waals surface area contributed by atoms with Gasteiger partial charge in [-0.25, -0.2) is 0 Å². The zero-order valence-corrected chi connectivity index (χ0v) is 17.5. The highest BCUT2D eigenvalue weighted by atomic mass is 19.4. The molecule has 0 spiro atoms. The van der Waals surface area contributed by atoms with Crippen LogP contribution in [-0.4, -0.2) is 74.0 Å². The normalized spacial score (nSPS) is 15.6. The predicted octanol–water partition coefficient (Wildman–Crippen LogP) is 1.77. The van der Waals surface area contributed by atoms with Crippen LogP contribution in [0.15, 0.2) is 29.3 Å². The van der Waals surface area contributed by atoms with Gasteiger partial charge in [0.25, 0.3) is 0 Å². The van der Waals surface area contributed by atoms with Crippen molar-refractivity contribution in [2.24, 2.45) is 4.99 Å². The number of aliphatic imine (C=N–C) groups is 1. The standard InChI is InChI=1S/C21H28F3N5O/c1-16(2)27-19(30)15-28-10-12-29(13-11-28)20(25-3)26-9-5-7-17-6-4-8-18(14-17)21(22,23)24/h4,6,8,14,16H,9-13,15H2,1-3H3,(H,25,26)(H,27,30). The van der Waals surface area contributed by atoms with Crippen LogP contribution in [0.2, 0.25) is 0 Å². The van der Waals surface area contributed by atoms with Gasteiger partial charge in [-0.3, -0.25) is 14.7 Å². The van der Waals surface area contributed by atoms with Crippen LogP contribution in [0.25, 0.3) is 0 Å². The quantitative estimate of drug-likeness (QED) is 0.440. The number of rotatable bonds is 4. The molecule has 0 radical (unpaired) electrons. The second-order valence-electron chi connectivity index (χ2n) is 7.27. The van der Waals surface area contributed by atoms with Gasteiger partial charge in [-0.1, -0.05) is 17.9 Å². The summed E-state index contributed by atoms with van der Waals surface area (Å²) >= 11 is 0. The molecule has 1 aliphatic heterocycles. The third-order valence-electron chi connectivity index (χ3n) is 4.46. The number of alkyl halides is 3. The molecule has 1 amide bonds. The highest BCUT2D eigenvalue weighted by Crippen LogP contribution is 2.29. The molecule has 1 fully saturated rings. The molecular weight excluding hydrogens is 395 g/mol. The Morgan fingerprint density at radius 1 is 1.23 bits per heavy atom. The summed E-state index contributed by atoms with van der Waals surface area (Å²) in [4.78, 5) is 20.3. The van der Waals surface area contributed by atoms with Crippen molar-refractivity contribution in [3.63, 3.8) is 0 Å². The predicted molar refractivity (Wildman–Crippen MR) is 111 cm³/mol. The van der Waals surface area contributed by atoms with Crippen molar-refractivity contribution in [3.05, 3.63) is 35.4 Å². The molecule has 0 atom stereocenters. The minimum Gasteiger partial charge on any atom is -0.353 e. The van der Waals surface area contributed by atoms with Gasteiger partial charge in [-0.15, -0.1) is 0 Å². The van der Waals surface area contributed by atoms with E-state index in [0.717, 1.165) is 38.3 Å². The fourth-order valence-electron chi connectivity index (χ4n) is 3.06. The summed E-state index contributed by atoms with van der Waals surface area (Å²) in [5, 5.41) is 6.01. The molecule has 2 N–H and O–H groups in total. The molecule has 1 aromatic rings. The zero-order valence-electron chi connectivity index (χ0n) is 17.5. The second-order valence-corrected chi connectivity index (χ2v) is 7.27. The third-order valence-corrected chi connectivity index (χ3v) is 4.46. The SMILES string of the molecule is CN=C(NCC#Cc1cccc(C(F)(F)F)c1)N1CCN(CC(=O)NC(C)C)CC1. The smallest absolute Gasteiger partial charge is 0.353 e. The molecule has 0 saturated carbocycles. The maximum Gasteiger partial charge on any atom is 0.416 e. The number of piperazine rings is 1. The number of halogens is 3. The van der Waals surface area contributed by atoms with Gasteiger partial charge in [0, 0.05) is 44.8 Å². The topological polar surface area (TPSA) is 60.0 Å². The Labute approximate surface area is 175 Å². The lowest BCUT2D eigenvalue weighted by atomic mass is 10.1. The van der Waals surface area contributed by atoms with Crippen molar-refractivity contribution in [2.75, 3.05) is 46.3 Å². The molecule has 9 heteroatoms. The van der Waals surface area contributed by atoms with Gasteiger partial charge in [0.2, 0.25) is 5.91 Å². The Morgan fingerprint density at radius 3 is 2.53 bits per heavy atom. The van der Waals surface area contributed by atoms with E-state index in [0.29, 0.717) is 18.1 Å². The van der Waals surface area contributed by atoms with Crippen molar-refractivity contribution in [3.8, 4) is 11.8 Å². The lowest BCUT2D eigenvalue weighted by Gasteiger charge is -2.36. The first-order valence-corrected chi connectivity index (χ1v) is 9.82. The van der Waals surface area contributed by atoms with Crippen LogP contribution in [0.5, 0.6) is 0 Å². The fraction of sp³-hybridized carbons (Fsp3) is 0.524. The maximum absolute atomic E-state index is 12.8. The first-order chi connectivity index (χ1) is 14.2. The van der Waals surface area contributed by atoms with E-state index < -0.39 is 11.7 Å². The molecule has 0 unspecified atom stereocenters. The van der Waals surface area contributed by atoms with E-state index in [1.165, 1.54) is 6.07 Å². The van der Waals surface area contributed by atoms with Crippen molar-refractivity contribution in [2.45, 2.75) is 26.1 Å². The van der Waals surface area contributed by atoms with E-state index in [1.807, 2.05) is 13.8 Å². The lowest BCUT2D eigenvalue weighted by molar-refractivity contribution is -0.137. The number of amides is 1. The van der Waals surface area contributed by atoms with Gasteiger partial charge in [0.1, 0.15) is 0 Å². The minimum atomic E-state index is -4.38. The molecule has 30 heavy (non-hydrogen) atoms. The molecule has 164 valence electrons. The van der Waals surface area contributed by atoms with Crippen molar-refractivity contribution < 1.29 is 18.0 Å². The van der Waals surface area contributed by atoms with Crippen LogP contribution in [0.3, 0.4) is 0 Å². The van der Waals surface area contributed by atoms with Gasteiger partial charge in [0.05, 0.1) is 18.7 Å². The van der Waals surface area contributed by atoms with Crippen LogP contribution in [0.4, 0.5) is 13.2 Å². The van der Waals surface area contributed by atoms with Crippen LogP contribution < -0.4 is 10.6 Å². The van der Waals surface area contributed by atoms with E-state index in [4.69, 9.17) is 0 Å². The molecule has 1 aliphatic rings. The van der Waals surface area contributed by atoms with Gasteiger partial charge in [-0.05, 0) is 32.0 Å². The number of nitrogens with zero attached hydrogens (tertiary/aromatic N) is 3. The van der Waals surface area contributed by atoms with Crippen LogP contribution in [-0.2, 0) is 11.0 Å². The van der Waals surface area contributed by atoms with E-state index in [1.54, 1.807) is 13.1 Å². The van der Waals surface area contributed by atoms with E-state index in [9.17, 15) is 18.0 Å². The first kappa shape index (κ1) is 23.5. The van der Waals surface area contributed by atoms with E-state index in [-0.39, 0.29) is 18.5 Å². The zero-order chi connectivity index (χ0) is 22.1. The average molecular weight is 423 g/mol. The van der Waals surface area contributed by atoms with Crippen LogP contribution >= 0.6 is 0 Å². The number of hydrogen-bond acceptors (Lipinski definition) is 3. The van der Waals surface area contributed by atoms with Crippen LogP contribution in [0.1, 0.15) is 25.0 Å². The lowest BCUT2D eigenvalue weighted by Crippen LogP contribution is -2.54. The molecule has 0 aliphatic carbocycles. The first-order valence-electron chi connectivity index (χ1n) is 9.82. The highest BCUT2D eigenvalue weighted by Gasteiger charge is 2.30. The summed E-state index contributed by atoms with van der Waals surface area (Å²) in [5.74, 6) is 6.28. The minimum absolute atomic E-state index is 0.0193. The monoisotopic (exact) mass is 423 g/mol. The molecule has 6 nitrogen and oxygen atoms in total. The Morgan fingerprint density at radius 2 is 1.93 bits per heavy atom. The van der Waals surface area contributed by atoms with Crippen molar-refractivity contribution in [1.82, 2.24) is 20.4 Å². The second kappa shape index (κ2) is 10.9. The number of hydrogen-bond donors (Lipinski definition) is 2. The number of nitrogens with one attached hydrogen (secondary N) is 2. The van der Waals surface area contributed by atoms with E-state index in [2.05, 4.69) is 37.3 Å². The summed E-state index contributed by atoms with van der Waals surface area (Å²) in [6.45, 7) is 7.42. The van der Waals surface area contributed by atoms with Crippen molar-refractivity contribution in [1.29, 1.82) is 0 Å². The number of carbonyl (C=O) groups is 1. The summed E-state index contributed by atoms with van der Waals surface area (Å²) in [6, 6.07) is 5.08. The molecular formula is C21H28F3N5O. The average Bonchev–Trinajstić information content (AvgIpc) is 2.68. The summed E-state index contributed by atoms with van der Waals surface area (Å²) in [5.41, 5.74) is -0.395. The summed E-state index contributed by atoms with van der Waals surface area (Å²) < 4.78 is 38.3. The Bertz CT molecular complexity index is 803. The van der Waals surface area contributed by atoms with E-state index >= 15 is 0 Å². The van der Waals surface area contributed by atoms with Gasteiger partial charge >= 0.3 is 6.18 Å². The Hall–Kier alpha value is -2.73. The largest absolute Gasteiger partial charge is 0.416 e. The maximum atomic E-state index is 12.8. The van der Waals surface area contributed by atoms with Crippen LogP contribution in [0, 0.1) is 11.8 Å².